The van der Waals surface area contributed by atoms with Crippen LogP contribution in [0.4, 0.5) is 0 Å². The highest BCUT2D eigenvalue weighted by molar-refractivity contribution is 5.02. The van der Waals surface area contributed by atoms with Gasteiger partial charge in [-0.15, -0.1) is 0 Å². The second-order valence-corrected chi connectivity index (χ2v) is 14.3. The fraction of sp³-hybridized carbons (Fsp3) is 1.00. The topological polar surface area (TPSA) is 436 Å². The molecule has 0 spiro atoms. The minimum absolute atomic E-state index is 0.00681. The lowest BCUT2D eigenvalue weighted by Gasteiger charge is -2.47. The first-order chi connectivity index (χ1) is 26.1. The van der Waals surface area contributed by atoms with Crippen molar-refractivity contribution >= 4 is 0 Å². The largest absolute Gasteiger partial charge is 0.394 e. The standard InChI is InChI=1S/C30H57N5O20/c31-2-9-16(40)18(42)13(34)27(49-9)54-25-12(5-38)52-30(22(25)46)55-26-15(39)7(32)1-8(33)23(26)53-28-14(35)19(43)24(11(4-37)51-28)47-6-48-29-21(45)20(44)17(41)10(3-36)50-29/h7-30,36-46H,1-6,31-35H2/t7-,8+,9+,10-,11-,12-,13-,14-,15+,16-,17-,18-,19-,20+,21-,22-,23-,24-,25-,26-,27-,28-,29+,30+/m1/s1. The number of aliphatic hydroxyl groups excluding tert-OH is 11. The number of hydrogen-bond acceptors (Lipinski definition) is 25. The molecule has 4 saturated heterocycles. The number of ether oxygens (including phenoxy) is 9. The van der Waals surface area contributed by atoms with Gasteiger partial charge in [-0.3, -0.25) is 0 Å². The van der Waals surface area contributed by atoms with Crippen LogP contribution in [0.5, 0.6) is 0 Å². The Balaban J connectivity index is 1.23. The highest BCUT2D eigenvalue weighted by Crippen LogP contribution is 2.35. The van der Waals surface area contributed by atoms with Gasteiger partial charge in [0.15, 0.2) is 32.0 Å². The van der Waals surface area contributed by atoms with Gasteiger partial charge in [0.2, 0.25) is 0 Å². The van der Waals surface area contributed by atoms with Crippen LogP contribution in [0.1, 0.15) is 6.42 Å². The molecule has 0 radical (unpaired) electrons. The summed E-state index contributed by atoms with van der Waals surface area (Å²) in [6, 6.07) is -4.64. The molecule has 1 saturated carbocycles. The Bertz CT molecular complexity index is 1190. The van der Waals surface area contributed by atoms with E-state index in [2.05, 4.69) is 0 Å². The Kier molecular flexibility index (Phi) is 15.9. The van der Waals surface area contributed by atoms with Crippen LogP contribution in [0, 0.1) is 0 Å². The SMILES string of the molecule is NC[C@@H]1O[C@H](O[C@H]2[C@@H](O)[C@H](O[C@@H]3[C@@H](O)[C@H](N)C[C@H](N)[C@H]3O[C@H]3O[C@H](CO)[C@@H](OCO[C@H]4O[C@H](CO)[C@@H](O)[C@H](O)[C@H]4O)[C@H](O)[C@H]3N)O[C@@H]2CO)[C@H](N)[C@@H](O)[C@@H]1O. The van der Waals surface area contributed by atoms with Gasteiger partial charge in [-0.05, 0) is 6.42 Å². The van der Waals surface area contributed by atoms with Crippen molar-refractivity contribution in [2.24, 2.45) is 28.7 Å². The van der Waals surface area contributed by atoms with Crippen LogP contribution in [-0.2, 0) is 42.6 Å². The molecule has 0 aromatic rings. The minimum Gasteiger partial charge on any atom is -0.394 e. The molecule has 322 valence electrons. The van der Waals surface area contributed by atoms with Gasteiger partial charge in [-0.2, -0.15) is 0 Å². The van der Waals surface area contributed by atoms with E-state index in [0.29, 0.717) is 0 Å². The Morgan fingerprint density at radius 1 is 0.436 bits per heavy atom. The van der Waals surface area contributed by atoms with Crippen LogP contribution in [-0.4, -0.2) is 236 Å². The summed E-state index contributed by atoms with van der Waals surface area (Å²) in [7, 11) is 0. The van der Waals surface area contributed by atoms with Crippen LogP contribution < -0.4 is 28.7 Å². The maximum atomic E-state index is 11.3. The third-order valence-corrected chi connectivity index (χ3v) is 10.6. The summed E-state index contributed by atoms with van der Waals surface area (Å²) in [6.45, 7) is -3.07. The average Bonchev–Trinajstić information content (AvgIpc) is 3.47. The van der Waals surface area contributed by atoms with Crippen molar-refractivity contribution < 1.29 is 98.8 Å². The van der Waals surface area contributed by atoms with E-state index in [0.717, 1.165) is 0 Å². The van der Waals surface area contributed by atoms with Crippen LogP contribution in [0.2, 0.25) is 0 Å². The lowest BCUT2D eigenvalue weighted by atomic mass is 9.84. The summed E-state index contributed by atoms with van der Waals surface area (Å²) in [5, 5.41) is 114. The third-order valence-electron chi connectivity index (χ3n) is 10.6. The normalized spacial score (nSPS) is 52.4. The van der Waals surface area contributed by atoms with Crippen LogP contribution >= 0.6 is 0 Å². The second kappa shape index (κ2) is 19.4. The molecule has 25 heteroatoms. The fourth-order valence-electron chi connectivity index (χ4n) is 7.28. The smallest absolute Gasteiger partial charge is 0.189 e. The number of rotatable bonds is 14. The summed E-state index contributed by atoms with van der Waals surface area (Å²) in [5.41, 5.74) is 30.5. The molecule has 5 rings (SSSR count). The van der Waals surface area contributed by atoms with Crippen molar-refractivity contribution in [2.45, 2.75) is 153 Å². The zero-order chi connectivity index (χ0) is 40.5. The Labute approximate surface area is 314 Å². The summed E-state index contributed by atoms with van der Waals surface area (Å²) < 4.78 is 51.2. The molecule has 4 heterocycles. The van der Waals surface area contributed by atoms with Gasteiger partial charge >= 0.3 is 0 Å². The number of nitrogens with two attached hydrogens (primary N) is 5. The van der Waals surface area contributed by atoms with Crippen molar-refractivity contribution in [3.8, 4) is 0 Å². The quantitative estimate of drug-likeness (QED) is 0.0724. The average molecular weight is 808 g/mol. The van der Waals surface area contributed by atoms with Crippen molar-refractivity contribution in [1.29, 1.82) is 0 Å². The van der Waals surface area contributed by atoms with Gasteiger partial charge in [0.25, 0.3) is 0 Å². The van der Waals surface area contributed by atoms with Gasteiger partial charge in [0.05, 0.1) is 38.0 Å². The molecule has 25 nitrogen and oxygen atoms in total. The van der Waals surface area contributed by atoms with E-state index < -0.39 is 174 Å². The van der Waals surface area contributed by atoms with Gasteiger partial charge < -0.3 is 127 Å². The molecule has 0 bridgehead atoms. The molecule has 0 unspecified atom stereocenters. The van der Waals surface area contributed by atoms with Gasteiger partial charge in [-0.25, -0.2) is 0 Å². The van der Waals surface area contributed by atoms with Gasteiger partial charge in [0.1, 0.15) is 91.6 Å². The van der Waals surface area contributed by atoms with Crippen LogP contribution in [0.3, 0.4) is 0 Å². The fourth-order valence-corrected chi connectivity index (χ4v) is 7.28. The molecule has 5 fully saturated rings. The summed E-state index contributed by atoms with van der Waals surface area (Å²) >= 11 is 0. The Hall–Kier alpha value is -1.00. The monoisotopic (exact) mass is 807 g/mol. The van der Waals surface area contributed by atoms with Crippen molar-refractivity contribution in [3.05, 3.63) is 0 Å². The number of hydrogen-bond donors (Lipinski definition) is 16. The molecule has 24 atom stereocenters. The van der Waals surface area contributed by atoms with E-state index in [-0.39, 0.29) is 13.0 Å². The molecular weight excluding hydrogens is 750 g/mol. The first-order valence-electron chi connectivity index (χ1n) is 17.9. The lowest BCUT2D eigenvalue weighted by Crippen LogP contribution is -2.68. The van der Waals surface area contributed by atoms with Crippen molar-refractivity contribution in [1.82, 2.24) is 0 Å². The Morgan fingerprint density at radius 2 is 0.945 bits per heavy atom. The predicted octanol–water partition coefficient (Wildman–Crippen LogP) is -11.1. The van der Waals surface area contributed by atoms with Crippen molar-refractivity contribution in [2.75, 3.05) is 33.2 Å². The molecule has 0 amide bonds. The molecule has 0 aromatic heterocycles. The highest BCUT2D eigenvalue weighted by Gasteiger charge is 2.55. The maximum Gasteiger partial charge on any atom is 0.189 e. The molecular formula is C30H57N5O20. The zero-order valence-electron chi connectivity index (χ0n) is 29.6. The van der Waals surface area contributed by atoms with E-state index in [9.17, 15) is 56.2 Å². The summed E-state index contributed by atoms with van der Waals surface area (Å²) in [5.74, 6) is 0. The maximum absolute atomic E-state index is 11.3. The van der Waals surface area contributed by atoms with E-state index in [1.165, 1.54) is 0 Å². The van der Waals surface area contributed by atoms with Gasteiger partial charge in [0, 0.05) is 18.6 Å². The van der Waals surface area contributed by atoms with Crippen molar-refractivity contribution in [3.63, 3.8) is 0 Å². The van der Waals surface area contributed by atoms with E-state index in [1.54, 1.807) is 0 Å². The molecule has 55 heavy (non-hydrogen) atoms. The van der Waals surface area contributed by atoms with Crippen LogP contribution in [0.15, 0.2) is 0 Å². The third kappa shape index (κ3) is 9.42. The van der Waals surface area contributed by atoms with Gasteiger partial charge in [-0.1, -0.05) is 0 Å². The zero-order valence-corrected chi connectivity index (χ0v) is 29.6. The van der Waals surface area contributed by atoms with E-state index in [4.69, 9.17) is 71.3 Å². The molecule has 1 aliphatic carbocycles. The lowest BCUT2D eigenvalue weighted by molar-refractivity contribution is -0.340. The Morgan fingerprint density at radius 3 is 1.56 bits per heavy atom. The molecule has 5 aliphatic rings. The second-order valence-electron chi connectivity index (χ2n) is 14.3. The summed E-state index contributed by atoms with van der Waals surface area (Å²) in [6.07, 6.45) is -29.4. The highest BCUT2D eigenvalue weighted by atomic mass is 16.8. The van der Waals surface area contributed by atoms with Crippen LogP contribution in [0.25, 0.3) is 0 Å². The molecule has 4 aliphatic heterocycles. The first-order valence-corrected chi connectivity index (χ1v) is 17.9. The summed E-state index contributed by atoms with van der Waals surface area (Å²) in [4.78, 5) is 0. The van der Waals surface area contributed by atoms with E-state index >= 15 is 0 Å². The molecule has 21 N–H and O–H groups in total. The molecule has 0 aromatic carbocycles. The van der Waals surface area contributed by atoms with E-state index in [1.807, 2.05) is 0 Å². The number of aliphatic hydroxyl groups is 11. The minimum atomic E-state index is -1.73. The first kappa shape index (κ1) is 45.1. The predicted molar refractivity (Wildman–Crippen MR) is 175 cm³/mol.